The van der Waals surface area contributed by atoms with Crippen LogP contribution in [0, 0.1) is 13.8 Å². The number of fused-ring (bicyclic) bond motifs is 3. The minimum Gasteiger partial charge on any atom is -0.348 e. The van der Waals surface area contributed by atoms with Gasteiger partial charge in [-0.3, -0.25) is 0 Å². The molecular weight excluding hydrogens is 400 g/mol. The summed E-state index contributed by atoms with van der Waals surface area (Å²) in [6.07, 6.45) is 5.77. The smallest absolute Gasteiger partial charge is 0.0709 e. The molecule has 0 saturated heterocycles. The lowest BCUT2D eigenvalue weighted by Crippen LogP contribution is -2.24. The number of hydrogen-bond acceptors (Lipinski definition) is 2. The molecule has 0 spiro atoms. The van der Waals surface area contributed by atoms with E-state index in [1.165, 1.54) is 50.0 Å². The summed E-state index contributed by atoms with van der Waals surface area (Å²) < 4.78 is 0. The van der Waals surface area contributed by atoms with E-state index in [1.54, 1.807) is 0 Å². The van der Waals surface area contributed by atoms with E-state index >= 15 is 0 Å². The summed E-state index contributed by atoms with van der Waals surface area (Å²) in [6, 6.07) is 26.7. The Bertz CT molecular complexity index is 1460. The summed E-state index contributed by atoms with van der Waals surface area (Å²) in [4.78, 5) is 7.54. The highest BCUT2D eigenvalue weighted by Crippen LogP contribution is 2.51. The molecule has 0 saturated carbocycles. The molecule has 2 nitrogen and oxygen atoms in total. The lowest BCUT2D eigenvalue weighted by atomic mass is 9.78. The number of hydrogen-bond donors (Lipinski definition) is 0. The van der Waals surface area contributed by atoms with E-state index in [0.29, 0.717) is 0 Å². The Balaban J connectivity index is 1.58. The van der Waals surface area contributed by atoms with Crippen molar-refractivity contribution >= 4 is 27.7 Å². The molecule has 0 N–H and O–H groups in total. The topological polar surface area (TPSA) is 16.1 Å². The van der Waals surface area contributed by atoms with E-state index < -0.39 is 0 Å². The molecule has 1 aliphatic heterocycles. The van der Waals surface area contributed by atoms with Crippen molar-refractivity contribution in [3.05, 3.63) is 119 Å². The lowest BCUT2D eigenvalue weighted by Gasteiger charge is -2.35. The third-order valence-corrected chi connectivity index (χ3v) is 7.07. The van der Waals surface area contributed by atoms with Crippen molar-refractivity contribution in [1.29, 1.82) is 0 Å². The van der Waals surface area contributed by atoms with Crippen molar-refractivity contribution < 1.29 is 0 Å². The molecule has 1 unspecified atom stereocenters. The van der Waals surface area contributed by atoms with E-state index in [2.05, 4.69) is 111 Å². The zero-order valence-corrected chi connectivity index (χ0v) is 19.5. The number of allylic oxidation sites excluding steroid dienone is 3. The largest absolute Gasteiger partial charge is 0.348 e. The lowest BCUT2D eigenvalue weighted by molar-refractivity contribution is 0.947. The molecule has 162 valence electrons. The van der Waals surface area contributed by atoms with Gasteiger partial charge in [-0.2, -0.15) is 0 Å². The molecule has 1 aromatic heterocycles. The predicted octanol–water partition coefficient (Wildman–Crippen LogP) is 7.46. The number of benzene rings is 3. The average molecular weight is 429 g/mol. The second-order valence-corrected chi connectivity index (χ2v) is 9.28. The summed E-state index contributed by atoms with van der Waals surface area (Å²) in [5, 5.41) is 1.20. The molecule has 2 heterocycles. The summed E-state index contributed by atoms with van der Waals surface area (Å²) in [5.74, 6) is 0.168. The van der Waals surface area contributed by atoms with Crippen molar-refractivity contribution in [3.63, 3.8) is 0 Å². The molecule has 0 amide bonds. The third kappa shape index (κ3) is 3.29. The predicted molar refractivity (Wildman–Crippen MR) is 140 cm³/mol. The maximum atomic E-state index is 5.16. The molecule has 0 fully saturated rings. The minimum absolute atomic E-state index is 0.168. The maximum absolute atomic E-state index is 5.16. The van der Waals surface area contributed by atoms with Crippen LogP contribution in [-0.2, 0) is 6.42 Å². The number of aryl methyl sites for hydroxylation is 2. The van der Waals surface area contributed by atoms with Gasteiger partial charge in [0, 0.05) is 35.3 Å². The molecule has 33 heavy (non-hydrogen) atoms. The molecule has 3 aromatic carbocycles. The van der Waals surface area contributed by atoms with Crippen LogP contribution in [0.1, 0.15) is 46.4 Å². The summed E-state index contributed by atoms with van der Waals surface area (Å²) in [5.41, 5.74) is 12.8. The van der Waals surface area contributed by atoms with Crippen LogP contribution in [-0.4, -0.2) is 11.5 Å². The standard InChI is InChI=1S/C31H28N2/c1-4-33-19-27(29-15-12-23-17-20(2)9-14-28(23)32-29)31(26-18-21(3)10-16-30(26)33)25-13-11-22-7-5-6-8-24(22)25/h5-10,12-19,31H,4,11H2,1-3H3. The number of nitrogens with zero attached hydrogens (tertiary/aromatic N) is 2. The molecular formula is C31H28N2. The van der Waals surface area contributed by atoms with Gasteiger partial charge in [-0.05, 0) is 73.7 Å². The molecule has 1 atom stereocenters. The first-order valence-corrected chi connectivity index (χ1v) is 11.9. The van der Waals surface area contributed by atoms with Crippen LogP contribution in [0.2, 0.25) is 0 Å². The first-order chi connectivity index (χ1) is 16.1. The summed E-state index contributed by atoms with van der Waals surface area (Å²) >= 11 is 0. The minimum atomic E-state index is 0.168. The van der Waals surface area contributed by atoms with Crippen LogP contribution in [0.4, 0.5) is 5.69 Å². The quantitative estimate of drug-likeness (QED) is 0.337. The molecule has 0 bridgehead atoms. The van der Waals surface area contributed by atoms with Gasteiger partial charge in [-0.25, -0.2) is 4.98 Å². The van der Waals surface area contributed by atoms with Crippen LogP contribution in [0.15, 0.2) is 85.1 Å². The first-order valence-electron chi connectivity index (χ1n) is 11.9. The first kappa shape index (κ1) is 20.0. The Morgan fingerprint density at radius 3 is 2.58 bits per heavy atom. The normalized spacial score (nSPS) is 16.9. The third-order valence-electron chi connectivity index (χ3n) is 7.07. The Kier molecular flexibility index (Phi) is 4.69. The van der Waals surface area contributed by atoms with Gasteiger partial charge in [0.15, 0.2) is 0 Å². The van der Waals surface area contributed by atoms with Crippen LogP contribution >= 0.6 is 0 Å². The fourth-order valence-corrected chi connectivity index (χ4v) is 5.45. The van der Waals surface area contributed by atoms with Crippen molar-refractivity contribution in [1.82, 2.24) is 4.98 Å². The van der Waals surface area contributed by atoms with E-state index in [1.807, 2.05) is 0 Å². The van der Waals surface area contributed by atoms with Gasteiger partial charge in [0.25, 0.3) is 0 Å². The van der Waals surface area contributed by atoms with Gasteiger partial charge in [0.2, 0.25) is 0 Å². The molecule has 6 rings (SSSR count). The number of anilines is 1. The highest BCUT2D eigenvalue weighted by Gasteiger charge is 2.33. The van der Waals surface area contributed by atoms with Gasteiger partial charge in [0.05, 0.1) is 11.2 Å². The van der Waals surface area contributed by atoms with Crippen LogP contribution in [0.3, 0.4) is 0 Å². The molecule has 0 radical (unpaired) electrons. The highest BCUT2D eigenvalue weighted by molar-refractivity contribution is 5.95. The Morgan fingerprint density at radius 1 is 0.879 bits per heavy atom. The maximum Gasteiger partial charge on any atom is 0.0709 e. The molecule has 4 aromatic rings. The summed E-state index contributed by atoms with van der Waals surface area (Å²) in [7, 11) is 0. The fourth-order valence-electron chi connectivity index (χ4n) is 5.45. The van der Waals surface area contributed by atoms with E-state index in [4.69, 9.17) is 4.98 Å². The number of aromatic nitrogens is 1. The van der Waals surface area contributed by atoms with Crippen molar-refractivity contribution in [3.8, 4) is 0 Å². The Hall–Kier alpha value is -3.65. The van der Waals surface area contributed by atoms with Crippen molar-refractivity contribution in [2.75, 3.05) is 11.4 Å². The van der Waals surface area contributed by atoms with Gasteiger partial charge in [-0.15, -0.1) is 0 Å². The van der Waals surface area contributed by atoms with E-state index in [9.17, 15) is 0 Å². The Labute approximate surface area is 195 Å². The van der Waals surface area contributed by atoms with Crippen LogP contribution < -0.4 is 4.90 Å². The van der Waals surface area contributed by atoms with Crippen LogP contribution in [0.5, 0.6) is 0 Å². The SMILES string of the molecule is CCN1C=C(c2ccc3cc(C)ccc3n2)C(C2=CCc3ccccc32)c2cc(C)ccc21. The van der Waals surface area contributed by atoms with Gasteiger partial charge in [0.1, 0.15) is 0 Å². The number of pyridine rings is 1. The highest BCUT2D eigenvalue weighted by atomic mass is 15.1. The van der Waals surface area contributed by atoms with Gasteiger partial charge < -0.3 is 4.90 Å². The molecule has 2 aliphatic rings. The zero-order valence-electron chi connectivity index (χ0n) is 19.5. The van der Waals surface area contributed by atoms with E-state index in [0.717, 1.165) is 24.2 Å². The summed E-state index contributed by atoms with van der Waals surface area (Å²) in [6.45, 7) is 7.47. The second-order valence-electron chi connectivity index (χ2n) is 9.28. The monoisotopic (exact) mass is 428 g/mol. The van der Waals surface area contributed by atoms with Crippen molar-refractivity contribution in [2.24, 2.45) is 0 Å². The van der Waals surface area contributed by atoms with Crippen LogP contribution in [0.25, 0.3) is 22.0 Å². The van der Waals surface area contributed by atoms with Gasteiger partial charge in [-0.1, -0.05) is 65.7 Å². The Morgan fingerprint density at radius 2 is 1.70 bits per heavy atom. The second kappa shape index (κ2) is 7.74. The van der Waals surface area contributed by atoms with Gasteiger partial charge >= 0.3 is 0 Å². The fraction of sp³-hybridized carbons (Fsp3) is 0.194. The molecule has 1 aliphatic carbocycles. The van der Waals surface area contributed by atoms with Crippen molar-refractivity contribution in [2.45, 2.75) is 33.1 Å². The zero-order chi connectivity index (χ0) is 22.5. The van der Waals surface area contributed by atoms with E-state index in [-0.39, 0.29) is 5.92 Å². The number of rotatable bonds is 3. The average Bonchev–Trinajstić information content (AvgIpc) is 3.26. The molecule has 2 heteroatoms.